The fraction of sp³-hybridized carbons (Fsp3) is 0.273. The van der Waals surface area contributed by atoms with Crippen LogP contribution in [0.1, 0.15) is 23.2 Å². The molecule has 1 saturated heterocycles. The smallest absolute Gasteiger partial charge is 0.265 e. The van der Waals surface area contributed by atoms with Gasteiger partial charge >= 0.3 is 0 Å². The topological polar surface area (TPSA) is 45.6 Å². The van der Waals surface area contributed by atoms with Crippen LogP contribution in [0.4, 0.5) is 15.8 Å². The Morgan fingerprint density at radius 1 is 1.04 bits per heavy atom. The lowest BCUT2D eigenvalue weighted by molar-refractivity contribution is 0.0992. The predicted octanol–water partition coefficient (Wildman–Crippen LogP) is 3.55. The first-order chi connectivity index (χ1) is 13.5. The van der Waals surface area contributed by atoms with E-state index < -0.39 is 17.3 Å². The Morgan fingerprint density at radius 3 is 2.39 bits per heavy atom. The van der Waals surface area contributed by atoms with E-state index in [4.69, 9.17) is 0 Å². The third kappa shape index (κ3) is 2.85. The first-order valence-corrected chi connectivity index (χ1v) is 9.40. The maximum absolute atomic E-state index is 14.9. The fourth-order valence-electron chi connectivity index (χ4n) is 3.92. The summed E-state index contributed by atoms with van der Waals surface area (Å²) in [6, 6.07) is 13.8. The highest BCUT2D eigenvalue weighted by atomic mass is 19.1. The number of anilines is 2. The highest BCUT2D eigenvalue weighted by Gasteiger charge is 2.30. The van der Waals surface area contributed by atoms with Crippen molar-refractivity contribution < 1.29 is 9.18 Å². The Hall–Kier alpha value is -3.15. The number of aryl methyl sites for hydroxylation is 1. The molecule has 0 spiro atoms. The summed E-state index contributed by atoms with van der Waals surface area (Å²) in [7, 11) is 3.22. The lowest BCUT2D eigenvalue weighted by Gasteiger charge is -2.26. The molecule has 4 rings (SSSR count). The molecular formula is C22H22FN3O2. The zero-order chi connectivity index (χ0) is 19.8. The van der Waals surface area contributed by atoms with Gasteiger partial charge in [0.15, 0.2) is 0 Å². The largest absolute Gasteiger partial charge is 0.370 e. The zero-order valence-electron chi connectivity index (χ0n) is 16.0. The molecule has 0 atom stereocenters. The number of carbonyl (C=O) groups is 1. The van der Waals surface area contributed by atoms with Gasteiger partial charge in [-0.2, -0.15) is 0 Å². The van der Waals surface area contributed by atoms with Crippen molar-refractivity contribution >= 4 is 28.2 Å². The molecule has 5 nitrogen and oxygen atoms in total. The first-order valence-electron chi connectivity index (χ1n) is 9.40. The number of rotatable bonds is 3. The van der Waals surface area contributed by atoms with Crippen LogP contribution < -0.4 is 15.4 Å². The summed E-state index contributed by atoms with van der Waals surface area (Å²) in [5.74, 6) is -0.856. The molecule has 0 unspecified atom stereocenters. The van der Waals surface area contributed by atoms with E-state index >= 15 is 0 Å². The van der Waals surface area contributed by atoms with Gasteiger partial charge in [0.2, 0.25) is 0 Å². The molecule has 0 saturated carbocycles. The van der Waals surface area contributed by atoms with Crippen molar-refractivity contribution in [1.82, 2.24) is 4.57 Å². The normalized spacial score (nSPS) is 13.9. The second-order valence-corrected chi connectivity index (χ2v) is 7.12. The average molecular weight is 379 g/mol. The zero-order valence-corrected chi connectivity index (χ0v) is 16.0. The Morgan fingerprint density at radius 2 is 1.71 bits per heavy atom. The number of carbonyl (C=O) groups excluding carboxylic acids is 1. The number of hydrogen-bond donors (Lipinski definition) is 0. The molecule has 2 aromatic carbocycles. The van der Waals surface area contributed by atoms with Crippen LogP contribution in [0.2, 0.25) is 0 Å². The molecule has 28 heavy (non-hydrogen) atoms. The van der Waals surface area contributed by atoms with Crippen LogP contribution in [-0.4, -0.2) is 30.6 Å². The van der Waals surface area contributed by atoms with Gasteiger partial charge in [-0.3, -0.25) is 9.59 Å². The van der Waals surface area contributed by atoms with Gasteiger partial charge in [-0.05, 0) is 37.1 Å². The number of para-hydroxylation sites is 1. The average Bonchev–Trinajstić information content (AvgIpc) is 3.25. The maximum atomic E-state index is 14.9. The van der Waals surface area contributed by atoms with Gasteiger partial charge in [-0.1, -0.05) is 24.3 Å². The molecule has 3 aromatic rings. The van der Waals surface area contributed by atoms with E-state index in [-0.39, 0.29) is 5.56 Å². The first kappa shape index (κ1) is 18.2. The van der Waals surface area contributed by atoms with Crippen molar-refractivity contribution in [1.29, 1.82) is 0 Å². The minimum absolute atomic E-state index is 0.0216. The summed E-state index contributed by atoms with van der Waals surface area (Å²) in [5.41, 5.74) is 1.20. The van der Waals surface area contributed by atoms with Crippen molar-refractivity contribution in [2.45, 2.75) is 12.8 Å². The molecule has 0 bridgehead atoms. The second kappa shape index (κ2) is 7.11. The number of halogens is 1. The molecule has 6 heteroatoms. The molecule has 2 heterocycles. The molecule has 0 N–H and O–H groups in total. The molecule has 1 aliphatic heterocycles. The van der Waals surface area contributed by atoms with E-state index in [2.05, 4.69) is 0 Å². The number of hydrogen-bond acceptors (Lipinski definition) is 3. The van der Waals surface area contributed by atoms with Crippen LogP contribution in [0.15, 0.2) is 53.3 Å². The Kier molecular flexibility index (Phi) is 4.63. The van der Waals surface area contributed by atoms with Crippen LogP contribution in [0.3, 0.4) is 0 Å². The lowest BCUT2D eigenvalue weighted by Crippen LogP contribution is -2.37. The van der Waals surface area contributed by atoms with Gasteiger partial charge < -0.3 is 14.4 Å². The number of fused-ring (bicyclic) bond motifs is 1. The molecule has 144 valence electrons. The number of aromatic nitrogens is 1. The van der Waals surface area contributed by atoms with Gasteiger partial charge in [0.05, 0.1) is 16.6 Å². The van der Waals surface area contributed by atoms with Crippen LogP contribution in [0.5, 0.6) is 0 Å². The Balaban J connectivity index is 2.01. The summed E-state index contributed by atoms with van der Waals surface area (Å²) in [6.45, 7) is 1.40. The van der Waals surface area contributed by atoms with E-state index in [1.165, 1.54) is 15.5 Å². The number of benzene rings is 2. The number of pyridine rings is 1. The highest BCUT2D eigenvalue weighted by Crippen LogP contribution is 2.34. The molecule has 0 aliphatic carbocycles. The molecule has 1 aliphatic rings. The van der Waals surface area contributed by atoms with E-state index in [9.17, 15) is 14.0 Å². The van der Waals surface area contributed by atoms with Crippen LogP contribution in [0.25, 0.3) is 10.9 Å². The molecule has 1 fully saturated rings. The van der Waals surface area contributed by atoms with Crippen molar-refractivity contribution in [3.05, 3.63) is 70.3 Å². The van der Waals surface area contributed by atoms with Crippen molar-refractivity contribution in [3.8, 4) is 0 Å². The highest BCUT2D eigenvalue weighted by molar-refractivity contribution is 6.13. The van der Waals surface area contributed by atoms with E-state index in [1.807, 2.05) is 23.1 Å². The third-order valence-electron chi connectivity index (χ3n) is 5.43. The summed E-state index contributed by atoms with van der Waals surface area (Å²) in [6.07, 6.45) is 1.90. The van der Waals surface area contributed by atoms with Gasteiger partial charge in [0.1, 0.15) is 11.4 Å². The van der Waals surface area contributed by atoms with E-state index in [0.29, 0.717) is 35.4 Å². The SMILES string of the molecule is CN(C(=O)c1c(N2CCCC2)c2c(F)cccc2n(C)c1=O)c1ccccc1. The minimum atomic E-state index is -0.432. The monoisotopic (exact) mass is 379 g/mol. The predicted molar refractivity (Wildman–Crippen MR) is 110 cm³/mol. The van der Waals surface area contributed by atoms with Crippen LogP contribution >= 0.6 is 0 Å². The van der Waals surface area contributed by atoms with Crippen molar-refractivity contribution in [2.24, 2.45) is 7.05 Å². The van der Waals surface area contributed by atoms with Gasteiger partial charge in [0.25, 0.3) is 11.5 Å². The van der Waals surface area contributed by atoms with E-state index in [0.717, 1.165) is 12.8 Å². The Bertz CT molecular complexity index is 1100. The van der Waals surface area contributed by atoms with Crippen LogP contribution in [-0.2, 0) is 7.05 Å². The second-order valence-electron chi connectivity index (χ2n) is 7.12. The quantitative estimate of drug-likeness (QED) is 0.699. The van der Waals surface area contributed by atoms with E-state index in [1.54, 1.807) is 38.4 Å². The summed E-state index contributed by atoms with van der Waals surface area (Å²) >= 11 is 0. The van der Waals surface area contributed by atoms with Gasteiger partial charge in [-0.25, -0.2) is 4.39 Å². The maximum Gasteiger partial charge on any atom is 0.265 e. The minimum Gasteiger partial charge on any atom is -0.370 e. The molecular weight excluding hydrogens is 357 g/mol. The summed E-state index contributed by atoms with van der Waals surface area (Å²) in [5, 5.41) is 0.330. The van der Waals surface area contributed by atoms with Crippen molar-refractivity contribution in [3.63, 3.8) is 0 Å². The third-order valence-corrected chi connectivity index (χ3v) is 5.43. The van der Waals surface area contributed by atoms with Gasteiger partial charge in [0, 0.05) is 32.9 Å². The molecule has 1 aromatic heterocycles. The molecule has 1 amide bonds. The van der Waals surface area contributed by atoms with Crippen molar-refractivity contribution in [2.75, 3.05) is 29.9 Å². The lowest BCUT2D eigenvalue weighted by atomic mass is 10.1. The number of nitrogens with zero attached hydrogens (tertiary/aromatic N) is 3. The standard InChI is InChI=1S/C22H22FN3O2/c1-24(15-9-4-3-5-10-15)21(27)19-20(26-13-6-7-14-26)18-16(23)11-8-12-17(18)25(2)22(19)28/h3-5,8-12H,6-7,13-14H2,1-2H3. The van der Waals surface area contributed by atoms with Gasteiger partial charge in [-0.15, -0.1) is 0 Å². The summed E-state index contributed by atoms with van der Waals surface area (Å²) < 4.78 is 16.3. The Labute approximate surface area is 162 Å². The molecule has 0 radical (unpaired) electrons. The summed E-state index contributed by atoms with van der Waals surface area (Å²) in [4.78, 5) is 30.0. The fourth-order valence-corrected chi connectivity index (χ4v) is 3.92. The number of amides is 1. The van der Waals surface area contributed by atoms with Crippen LogP contribution in [0, 0.1) is 5.82 Å².